The number of carbonyl (C=O) groups is 1. The summed E-state index contributed by atoms with van der Waals surface area (Å²) >= 11 is 5.72. The maximum Gasteiger partial charge on any atom is 0.257 e. The molecule has 0 fully saturated rings. The smallest absolute Gasteiger partial charge is 0.257 e. The number of nitrogens with zero attached hydrogens (tertiary/aromatic N) is 2. The molecule has 24 heavy (non-hydrogen) atoms. The number of carbonyl (C=O) groups excluding carboxylic acids is 1. The Morgan fingerprint density at radius 3 is 2.79 bits per heavy atom. The molecule has 1 amide bonds. The summed E-state index contributed by atoms with van der Waals surface area (Å²) in [7, 11) is 0. The number of aromatic nitrogens is 2. The molecule has 1 aromatic carbocycles. The van der Waals surface area contributed by atoms with E-state index in [2.05, 4.69) is 15.3 Å². The van der Waals surface area contributed by atoms with Crippen LogP contribution in [0.15, 0.2) is 67.1 Å². The van der Waals surface area contributed by atoms with Crippen molar-refractivity contribution in [2.75, 3.05) is 5.32 Å². The number of nitrogens with one attached hydrogen (secondary N) is 1. The molecule has 0 unspecified atom stereocenters. The van der Waals surface area contributed by atoms with E-state index in [0.29, 0.717) is 28.8 Å². The second-order valence-corrected chi connectivity index (χ2v) is 5.39. The Kier molecular flexibility index (Phi) is 5.03. The number of hydrogen-bond acceptors (Lipinski definition) is 4. The first kappa shape index (κ1) is 16.0. The van der Waals surface area contributed by atoms with Crippen LogP contribution in [0.5, 0.6) is 5.75 Å². The summed E-state index contributed by atoms with van der Waals surface area (Å²) in [5.41, 5.74) is 2.04. The number of ether oxygens (including phenoxy) is 1. The van der Waals surface area contributed by atoms with Crippen LogP contribution in [0.4, 0.5) is 5.69 Å². The van der Waals surface area contributed by atoms with Crippen molar-refractivity contribution in [3.63, 3.8) is 0 Å². The van der Waals surface area contributed by atoms with Crippen LogP contribution in [-0.4, -0.2) is 15.9 Å². The third-order valence-electron chi connectivity index (χ3n) is 3.21. The first-order valence-corrected chi connectivity index (χ1v) is 7.63. The first-order valence-electron chi connectivity index (χ1n) is 7.25. The van der Waals surface area contributed by atoms with Gasteiger partial charge in [0.15, 0.2) is 0 Å². The van der Waals surface area contributed by atoms with Gasteiger partial charge in [-0.3, -0.25) is 9.78 Å². The van der Waals surface area contributed by atoms with Crippen molar-refractivity contribution in [2.45, 2.75) is 6.61 Å². The Morgan fingerprint density at radius 2 is 2.04 bits per heavy atom. The lowest BCUT2D eigenvalue weighted by Gasteiger charge is -2.09. The molecular formula is C18H14ClN3O2. The summed E-state index contributed by atoms with van der Waals surface area (Å²) < 4.78 is 5.71. The standard InChI is InChI=1S/C18H14ClN3O2/c19-17-7-6-14(11-21-17)18(23)22-15-4-1-5-16(9-15)24-12-13-3-2-8-20-10-13/h1-11H,12H2,(H,22,23). The van der Waals surface area contributed by atoms with E-state index in [1.165, 1.54) is 6.20 Å². The Balaban J connectivity index is 1.64. The van der Waals surface area contributed by atoms with Gasteiger partial charge in [-0.25, -0.2) is 4.98 Å². The Hall–Kier alpha value is -2.92. The molecule has 120 valence electrons. The van der Waals surface area contributed by atoms with E-state index >= 15 is 0 Å². The number of amides is 1. The fourth-order valence-electron chi connectivity index (χ4n) is 2.03. The number of hydrogen-bond donors (Lipinski definition) is 1. The predicted molar refractivity (Wildman–Crippen MR) is 92.2 cm³/mol. The Morgan fingerprint density at radius 1 is 1.12 bits per heavy atom. The lowest BCUT2D eigenvalue weighted by atomic mass is 10.2. The number of halogens is 1. The quantitative estimate of drug-likeness (QED) is 0.714. The minimum atomic E-state index is -0.261. The number of anilines is 1. The third kappa shape index (κ3) is 4.30. The minimum absolute atomic E-state index is 0.261. The summed E-state index contributed by atoms with van der Waals surface area (Å²) in [6.07, 6.45) is 4.89. The molecule has 2 aromatic heterocycles. The summed E-state index contributed by atoms with van der Waals surface area (Å²) in [5, 5.41) is 3.15. The molecule has 0 radical (unpaired) electrons. The SMILES string of the molecule is O=C(Nc1cccc(OCc2cccnc2)c1)c1ccc(Cl)nc1. The molecule has 0 aliphatic rings. The molecule has 0 bridgehead atoms. The molecule has 0 atom stereocenters. The molecule has 5 nitrogen and oxygen atoms in total. The lowest BCUT2D eigenvalue weighted by Crippen LogP contribution is -2.12. The first-order chi connectivity index (χ1) is 11.7. The van der Waals surface area contributed by atoms with E-state index in [1.54, 1.807) is 36.7 Å². The van der Waals surface area contributed by atoms with Crippen molar-refractivity contribution in [1.82, 2.24) is 9.97 Å². The van der Waals surface area contributed by atoms with Crippen molar-refractivity contribution >= 4 is 23.2 Å². The number of benzene rings is 1. The Labute approximate surface area is 144 Å². The van der Waals surface area contributed by atoms with Gasteiger partial charge in [-0.15, -0.1) is 0 Å². The van der Waals surface area contributed by atoms with Crippen LogP contribution in [0, 0.1) is 0 Å². The normalized spacial score (nSPS) is 10.2. The summed E-state index contributed by atoms with van der Waals surface area (Å²) in [6.45, 7) is 0.409. The van der Waals surface area contributed by atoms with Gasteiger partial charge >= 0.3 is 0 Å². The van der Waals surface area contributed by atoms with Crippen LogP contribution < -0.4 is 10.1 Å². The van der Waals surface area contributed by atoms with Gasteiger partial charge in [0.25, 0.3) is 5.91 Å². The lowest BCUT2D eigenvalue weighted by molar-refractivity contribution is 0.102. The zero-order chi connectivity index (χ0) is 16.8. The average Bonchev–Trinajstić information content (AvgIpc) is 2.62. The van der Waals surface area contributed by atoms with Crippen LogP contribution in [0.2, 0.25) is 5.15 Å². The fourth-order valence-corrected chi connectivity index (χ4v) is 2.14. The van der Waals surface area contributed by atoms with Gasteiger partial charge < -0.3 is 10.1 Å². The van der Waals surface area contributed by atoms with E-state index in [9.17, 15) is 4.79 Å². The summed E-state index contributed by atoms with van der Waals surface area (Å²) in [5.74, 6) is 0.398. The van der Waals surface area contributed by atoms with E-state index in [-0.39, 0.29) is 5.91 Å². The molecule has 0 aliphatic heterocycles. The van der Waals surface area contributed by atoms with Crippen molar-refractivity contribution in [3.05, 3.63) is 83.4 Å². The van der Waals surface area contributed by atoms with Gasteiger partial charge in [0, 0.05) is 35.9 Å². The van der Waals surface area contributed by atoms with E-state index in [0.717, 1.165) is 5.56 Å². The van der Waals surface area contributed by atoms with E-state index in [4.69, 9.17) is 16.3 Å². The number of rotatable bonds is 5. The molecule has 0 aliphatic carbocycles. The van der Waals surface area contributed by atoms with E-state index < -0.39 is 0 Å². The van der Waals surface area contributed by atoms with Gasteiger partial charge in [-0.05, 0) is 30.3 Å². The molecule has 0 spiro atoms. The fraction of sp³-hybridized carbons (Fsp3) is 0.0556. The van der Waals surface area contributed by atoms with Crippen LogP contribution in [0.25, 0.3) is 0 Å². The maximum atomic E-state index is 12.2. The molecule has 3 aromatic rings. The number of pyridine rings is 2. The molecule has 3 rings (SSSR count). The second kappa shape index (κ2) is 7.57. The second-order valence-electron chi connectivity index (χ2n) is 5.00. The summed E-state index contributed by atoms with van der Waals surface area (Å²) in [4.78, 5) is 20.1. The zero-order valence-corrected chi connectivity index (χ0v) is 13.4. The van der Waals surface area contributed by atoms with Crippen molar-refractivity contribution in [1.29, 1.82) is 0 Å². The zero-order valence-electron chi connectivity index (χ0n) is 12.6. The van der Waals surface area contributed by atoms with Gasteiger partial charge in [0.1, 0.15) is 17.5 Å². The predicted octanol–water partition coefficient (Wildman–Crippen LogP) is 3.96. The van der Waals surface area contributed by atoms with Crippen LogP contribution in [0.1, 0.15) is 15.9 Å². The topological polar surface area (TPSA) is 64.1 Å². The van der Waals surface area contributed by atoms with E-state index in [1.807, 2.05) is 24.3 Å². The van der Waals surface area contributed by atoms with Gasteiger partial charge in [0.2, 0.25) is 0 Å². The van der Waals surface area contributed by atoms with Gasteiger partial charge in [-0.1, -0.05) is 23.7 Å². The van der Waals surface area contributed by atoms with Crippen molar-refractivity contribution in [3.8, 4) is 5.75 Å². The average molecular weight is 340 g/mol. The maximum absolute atomic E-state index is 12.2. The van der Waals surface area contributed by atoms with Crippen LogP contribution in [0.3, 0.4) is 0 Å². The molecule has 6 heteroatoms. The highest BCUT2D eigenvalue weighted by Crippen LogP contribution is 2.19. The monoisotopic (exact) mass is 339 g/mol. The largest absolute Gasteiger partial charge is 0.489 e. The molecule has 0 saturated carbocycles. The van der Waals surface area contributed by atoms with Gasteiger partial charge in [-0.2, -0.15) is 0 Å². The highest BCUT2D eigenvalue weighted by molar-refractivity contribution is 6.29. The van der Waals surface area contributed by atoms with Crippen LogP contribution in [-0.2, 0) is 6.61 Å². The highest BCUT2D eigenvalue weighted by Gasteiger charge is 2.07. The molecule has 2 heterocycles. The van der Waals surface area contributed by atoms with Gasteiger partial charge in [0.05, 0.1) is 5.56 Å². The molecule has 0 saturated heterocycles. The molecular weight excluding hydrogens is 326 g/mol. The highest BCUT2D eigenvalue weighted by atomic mass is 35.5. The van der Waals surface area contributed by atoms with Crippen LogP contribution >= 0.6 is 11.6 Å². The minimum Gasteiger partial charge on any atom is -0.489 e. The third-order valence-corrected chi connectivity index (χ3v) is 3.43. The molecule has 1 N–H and O–H groups in total. The van der Waals surface area contributed by atoms with Crippen molar-refractivity contribution < 1.29 is 9.53 Å². The summed E-state index contributed by atoms with van der Waals surface area (Å²) in [6, 6.07) is 14.2. The Bertz CT molecular complexity index is 823. The van der Waals surface area contributed by atoms with Crippen molar-refractivity contribution in [2.24, 2.45) is 0 Å².